The molecule has 5 rings (SSSR count). The van der Waals surface area contributed by atoms with Gasteiger partial charge in [-0.25, -0.2) is 19.3 Å². The first-order chi connectivity index (χ1) is 18.2. The second-order valence-corrected chi connectivity index (χ2v) is 8.95. The highest BCUT2D eigenvalue weighted by atomic mass is 35.5. The SMILES string of the molecule is Nc1ncnn2c(CN3CCOCC3)cc(-c3ccc(NC(=O)Nc4ccc(Cl)c(C(F)(F)F)c4)nc3)c12. The van der Waals surface area contributed by atoms with Crippen molar-refractivity contribution in [2.45, 2.75) is 12.7 Å². The van der Waals surface area contributed by atoms with Gasteiger partial charge in [0.2, 0.25) is 0 Å². The fourth-order valence-corrected chi connectivity index (χ4v) is 4.40. The number of fused-ring (bicyclic) bond motifs is 1. The van der Waals surface area contributed by atoms with Crippen LogP contribution < -0.4 is 16.4 Å². The molecule has 0 atom stereocenters. The summed E-state index contributed by atoms with van der Waals surface area (Å²) in [6.45, 7) is 3.60. The number of amides is 2. The standard InChI is InChI=1S/C24H22ClF3N8O2/c25-19-3-2-15(9-18(19)24(26,27)28)33-23(37)34-20-4-1-14(11-30-20)17-10-16(12-35-5-7-38-8-6-35)36-21(17)22(29)31-13-32-36/h1-4,9-11,13H,5-8,12H2,(H2,29,31,32)(H2,30,33,34,37). The van der Waals surface area contributed by atoms with Gasteiger partial charge in [-0.15, -0.1) is 0 Å². The van der Waals surface area contributed by atoms with Gasteiger partial charge in [0.15, 0.2) is 5.82 Å². The van der Waals surface area contributed by atoms with Crippen molar-refractivity contribution in [1.82, 2.24) is 24.5 Å². The maximum atomic E-state index is 13.1. The van der Waals surface area contributed by atoms with Gasteiger partial charge in [-0.2, -0.15) is 18.3 Å². The summed E-state index contributed by atoms with van der Waals surface area (Å²) in [4.78, 5) is 23.0. The Balaban J connectivity index is 1.33. The number of aromatic nitrogens is 4. The third-order valence-corrected chi connectivity index (χ3v) is 6.32. The summed E-state index contributed by atoms with van der Waals surface area (Å²) in [5, 5.41) is 8.77. The number of morpholine rings is 1. The van der Waals surface area contributed by atoms with Gasteiger partial charge >= 0.3 is 12.2 Å². The van der Waals surface area contributed by atoms with E-state index in [2.05, 4.69) is 30.6 Å². The van der Waals surface area contributed by atoms with Crippen molar-refractivity contribution in [3.05, 3.63) is 65.2 Å². The van der Waals surface area contributed by atoms with Crippen LogP contribution in [0.25, 0.3) is 16.6 Å². The van der Waals surface area contributed by atoms with E-state index in [9.17, 15) is 18.0 Å². The van der Waals surface area contributed by atoms with Crippen molar-refractivity contribution < 1.29 is 22.7 Å². The topological polar surface area (TPSA) is 123 Å². The van der Waals surface area contributed by atoms with Gasteiger partial charge in [-0.1, -0.05) is 11.6 Å². The van der Waals surface area contributed by atoms with Gasteiger partial charge < -0.3 is 15.8 Å². The number of halogens is 4. The fourth-order valence-electron chi connectivity index (χ4n) is 4.18. The summed E-state index contributed by atoms with van der Waals surface area (Å²) in [6, 6.07) is 7.63. The molecule has 0 spiro atoms. The third-order valence-electron chi connectivity index (χ3n) is 5.99. The molecule has 0 bridgehead atoms. The third kappa shape index (κ3) is 5.49. The molecule has 10 nitrogen and oxygen atoms in total. The number of urea groups is 1. The van der Waals surface area contributed by atoms with Gasteiger partial charge in [-0.05, 0) is 36.4 Å². The molecule has 14 heteroatoms. The number of nitrogens with one attached hydrogen (secondary N) is 2. The number of benzene rings is 1. The van der Waals surface area contributed by atoms with Crippen LogP contribution in [-0.2, 0) is 17.5 Å². The molecular weight excluding hydrogens is 525 g/mol. The smallest absolute Gasteiger partial charge is 0.382 e. The van der Waals surface area contributed by atoms with Gasteiger partial charge in [-0.3, -0.25) is 10.2 Å². The Labute approximate surface area is 219 Å². The molecule has 4 aromatic rings. The average Bonchev–Trinajstić information content (AvgIpc) is 3.25. The van der Waals surface area contributed by atoms with E-state index in [4.69, 9.17) is 22.1 Å². The monoisotopic (exact) mass is 546 g/mol. The Morgan fingerprint density at radius 3 is 2.61 bits per heavy atom. The Bertz CT molecular complexity index is 1470. The maximum Gasteiger partial charge on any atom is 0.417 e. The number of hydrogen-bond acceptors (Lipinski definition) is 7. The molecular formula is C24H22ClF3N8O2. The molecule has 0 radical (unpaired) electrons. The van der Waals surface area contributed by atoms with Crippen molar-refractivity contribution in [1.29, 1.82) is 0 Å². The van der Waals surface area contributed by atoms with E-state index in [-0.39, 0.29) is 11.5 Å². The van der Waals surface area contributed by atoms with Crippen LogP contribution in [0.2, 0.25) is 5.02 Å². The van der Waals surface area contributed by atoms with Crippen LogP contribution in [0.15, 0.2) is 48.9 Å². The van der Waals surface area contributed by atoms with Gasteiger partial charge in [0.05, 0.1) is 29.5 Å². The molecule has 1 aliphatic heterocycles. The maximum absolute atomic E-state index is 13.1. The summed E-state index contributed by atoms with van der Waals surface area (Å²) in [7, 11) is 0. The van der Waals surface area contributed by atoms with Crippen molar-refractivity contribution in [3.8, 4) is 11.1 Å². The van der Waals surface area contributed by atoms with E-state index < -0.39 is 22.8 Å². The molecule has 0 unspecified atom stereocenters. The summed E-state index contributed by atoms with van der Waals surface area (Å²) >= 11 is 5.63. The highest BCUT2D eigenvalue weighted by Crippen LogP contribution is 2.36. The van der Waals surface area contributed by atoms with Crippen LogP contribution in [-0.4, -0.2) is 56.8 Å². The number of anilines is 3. The molecule has 1 aromatic carbocycles. The predicted octanol–water partition coefficient (Wildman–Crippen LogP) is 4.52. The van der Waals surface area contributed by atoms with Crippen molar-refractivity contribution in [3.63, 3.8) is 0 Å². The van der Waals surface area contributed by atoms with Crippen molar-refractivity contribution in [2.75, 3.05) is 42.7 Å². The summed E-state index contributed by atoms with van der Waals surface area (Å²) < 4.78 is 46.4. The molecule has 4 N–H and O–H groups in total. The molecule has 38 heavy (non-hydrogen) atoms. The lowest BCUT2D eigenvalue weighted by molar-refractivity contribution is -0.137. The lowest BCUT2D eigenvalue weighted by atomic mass is 10.1. The number of nitrogens with two attached hydrogens (primary N) is 1. The van der Waals surface area contributed by atoms with Crippen LogP contribution in [0.4, 0.5) is 35.3 Å². The summed E-state index contributed by atoms with van der Waals surface area (Å²) in [5.41, 5.74) is 8.13. The normalized spacial score (nSPS) is 14.5. The number of ether oxygens (including phenoxy) is 1. The quantitative estimate of drug-likeness (QED) is 0.336. The molecule has 0 aliphatic carbocycles. The van der Waals surface area contributed by atoms with Crippen molar-refractivity contribution in [2.24, 2.45) is 0 Å². The van der Waals surface area contributed by atoms with Crippen LogP contribution in [0.1, 0.15) is 11.3 Å². The minimum Gasteiger partial charge on any atom is -0.382 e. The Morgan fingerprint density at radius 1 is 1.11 bits per heavy atom. The second-order valence-electron chi connectivity index (χ2n) is 8.55. The largest absolute Gasteiger partial charge is 0.417 e. The number of carbonyl (C=O) groups excluding carboxylic acids is 1. The molecule has 1 aliphatic rings. The Kier molecular flexibility index (Phi) is 7.06. The first-order valence-corrected chi connectivity index (χ1v) is 11.9. The minimum absolute atomic E-state index is 0.0700. The number of carbonyl (C=O) groups is 1. The van der Waals surface area contributed by atoms with Crippen LogP contribution in [0.3, 0.4) is 0 Å². The zero-order chi connectivity index (χ0) is 26.9. The number of rotatable bonds is 5. The Hall–Kier alpha value is -3.94. The summed E-state index contributed by atoms with van der Waals surface area (Å²) in [5.74, 6) is 0.503. The van der Waals surface area contributed by atoms with E-state index in [1.807, 2.05) is 6.07 Å². The molecule has 198 valence electrons. The van der Waals surface area contributed by atoms with Gasteiger partial charge in [0, 0.05) is 42.6 Å². The second kappa shape index (κ2) is 10.4. The number of nitrogen functional groups attached to an aromatic ring is 1. The fraction of sp³-hybridized carbons (Fsp3) is 0.250. The van der Waals surface area contributed by atoms with E-state index in [0.717, 1.165) is 42.0 Å². The molecule has 2 amide bonds. The number of hydrogen-bond donors (Lipinski definition) is 3. The summed E-state index contributed by atoms with van der Waals surface area (Å²) in [6.07, 6.45) is -1.69. The highest BCUT2D eigenvalue weighted by Gasteiger charge is 2.33. The molecule has 3 aromatic heterocycles. The van der Waals surface area contributed by atoms with Gasteiger partial charge in [0.25, 0.3) is 0 Å². The number of alkyl halides is 3. The highest BCUT2D eigenvalue weighted by molar-refractivity contribution is 6.31. The minimum atomic E-state index is -4.65. The molecule has 1 fully saturated rings. The van der Waals surface area contributed by atoms with E-state index in [1.54, 1.807) is 22.8 Å². The number of nitrogens with zero attached hydrogens (tertiary/aromatic N) is 5. The average molecular weight is 547 g/mol. The zero-order valence-corrected chi connectivity index (χ0v) is 20.6. The van der Waals surface area contributed by atoms with E-state index in [0.29, 0.717) is 31.1 Å². The van der Waals surface area contributed by atoms with Gasteiger partial charge in [0.1, 0.15) is 17.7 Å². The Morgan fingerprint density at radius 2 is 1.89 bits per heavy atom. The van der Waals surface area contributed by atoms with Crippen LogP contribution in [0.5, 0.6) is 0 Å². The first kappa shape index (κ1) is 25.7. The molecule has 4 heterocycles. The first-order valence-electron chi connectivity index (χ1n) is 11.5. The van der Waals surface area contributed by atoms with E-state index in [1.165, 1.54) is 12.4 Å². The molecule has 0 saturated carbocycles. The van der Waals surface area contributed by atoms with Crippen molar-refractivity contribution >= 4 is 40.5 Å². The van der Waals surface area contributed by atoms with Crippen LogP contribution >= 0.6 is 11.6 Å². The lowest BCUT2D eigenvalue weighted by Gasteiger charge is -2.26. The lowest BCUT2D eigenvalue weighted by Crippen LogP contribution is -2.36. The number of pyridine rings is 1. The van der Waals surface area contributed by atoms with E-state index >= 15 is 0 Å². The van der Waals surface area contributed by atoms with Crippen LogP contribution in [0, 0.1) is 0 Å². The predicted molar refractivity (Wildman–Crippen MR) is 136 cm³/mol. The zero-order valence-electron chi connectivity index (χ0n) is 19.8. The molecule has 1 saturated heterocycles.